The largest absolute Gasteiger partial charge is 0.387 e. The van der Waals surface area contributed by atoms with Gasteiger partial charge in [0.25, 0.3) is 0 Å². The average molecular weight is 272 g/mol. The molecular formula is C12H20N2O3S. The Hall–Kier alpha value is -0.950. The van der Waals surface area contributed by atoms with Gasteiger partial charge in [0.1, 0.15) is 0 Å². The van der Waals surface area contributed by atoms with Crippen molar-refractivity contribution in [2.45, 2.75) is 30.9 Å². The lowest BCUT2D eigenvalue weighted by Crippen LogP contribution is -2.29. The zero-order valence-electron chi connectivity index (χ0n) is 11.1. The van der Waals surface area contributed by atoms with Gasteiger partial charge in [-0.3, -0.25) is 0 Å². The van der Waals surface area contributed by atoms with Gasteiger partial charge in [-0.15, -0.1) is 0 Å². The van der Waals surface area contributed by atoms with Gasteiger partial charge in [-0.05, 0) is 51.2 Å². The molecule has 0 bridgehead atoms. The molecule has 2 unspecified atom stereocenters. The summed E-state index contributed by atoms with van der Waals surface area (Å²) in [5, 5.41) is 13.1. The Labute approximate surface area is 108 Å². The van der Waals surface area contributed by atoms with Crippen LogP contribution in [-0.2, 0) is 10.0 Å². The lowest BCUT2D eigenvalue weighted by atomic mass is 9.99. The standard InChI is InChI=1S/C12H20N2O3S/c1-8-5-6-10(18(16,17)14-4)7-11(8)12(15)9(2)13-3/h5-7,9,12-15H,1-4H3. The van der Waals surface area contributed by atoms with E-state index in [2.05, 4.69) is 10.0 Å². The van der Waals surface area contributed by atoms with Crippen LogP contribution in [0, 0.1) is 6.92 Å². The molecule has 6 heteroatoms. The Bertz CT molecular complexity index is 514. The maximum absolute atomic E-state index is 11.7. The highest BCUT2D eigenvalue weighted by molar-refractivity contribution is 7.89. The molecule has 1 aromatic carbocycles. The quantitative estimate of drug-likeness (QED) is 0.731. The first kappa shape index (κ1) is 15.1. The van der Waals surface area contributed by atoms with Gasteiger partial charge < -0.3 is 10.4 Å². The molecule has 0 spiro atoms. The fourth-order valence-electron chi connectivity index (χ4n) is 1.65. The zero-order chi connectivity index (χ0) is 13.9. The predicted octanol–water partition coefficient (Wildman–Crippen LogP) is 0.544. The predicted molar refractivity (Wildman–Crippen MR) is 70.9 cm³/mol. The van der Waals surface area contributed by atoms with Gasteiger partial charge in [0.2, 0.25) is 10.0 Å². The minimum atomic E-state index is -3.48. The maximum atomic E-state index is 11.7. The number of aliphatic hydroxyl groups excluding tert-OH is 1. The van der Waals surface area contributed by atoms with Gasteiger partial charge in [-0.1, -0.05) is 6.07 Å². The summed E-state index contributed by atoms with van der Waals surface area (Å²) in [6.45, 7) is 3.68. The van der Waals surface area contributed by atoms with Crippen LogP contribution in [-0.4, -0.2) is 33.7 Å². The summed E-state index contributed by atoms with van der Waals surface area (Å²) < 4.78 is 25.7. The number of aliphatic hydroxyl groups is 1. The number of hydrogen-bond donors (Lipinski definition) is 3. The van der Waals surface area contributed by atoms with Crippen molar-refractivity contribution >= 4 is 10.0 Å². The topological polar surface area (TPSA) is 78.4 Å². The average Bonchev–Trinajstić information content (AvgIpc) is 2.37. The lowest BCUT2D eigenvalue weighted by molar-refractivity contribution is 0.139. The van der Waals surface area contributed by atoms with E-state index in [-0.39, 0.29) is 10.9 Å². The first-order valence-corrected chi connectivity index (χ1v) is 7.21. The van der Waals surface area contributed by atoms with Crippen LogP contribution in [0.4, 0.5) is 0 Å². The molecule has 0 aliphatic rings. The Kier molecular flexibility index (Phi) is 4.86. The van der Waals surface area contributed by atoms with Crippen LogP contribution in [0.15, 0.2) is 23.1 Å². The van der Waals surface area contributed by atoms with Gasteiger partial charge >= 0.3 is 0 Å². The zero-order valence-corrected chi connectivity index (χ0v) is 11.9. The summed E-state index contributed by atoms with van der Waals surface area (Å²) in [6, 6.07) is 4.59. The van der Waals surface area contributed by atoms with Crippen molar-refractivity contribution in [1.29, 1.82) is 0 Å². The highest BCUT2D eigenvalue weighted by Gasteiger charge is 2.20. The van der Waals surface area contributed by atoms with E-state index < -0.39 is 16.1 Å². The van der Waals surface area contributed by atoms with E-state index in [0.29, 0.717) is 5.56 Å². The van der Waals surface area contributed by atoms with Gasteiger partial charge in [0.05, 0.1) is 11.0 Å². The second-order valence-corrected chi connectivity index (χ2v) is 6.13. The van der Waals surface area contributed by atoms with E-state index in [1.165, 1.54) is 19.2 Å². The molecule has 0 aliphatic carbocycles. The molecule has 0 saturated heterocycles. The van der Waals surface area contributed by atoms with E-state index >= 15 is 0 Å². The van der Waals surface area contributed by atoms with Crippen LogP contribution in [0.3, 0.4) is 0 Å². The third-order valence-corrected chi connectivity index (χ3v) is 4.49. The molecule has 18 heavy (non-hydrogen) atoms. The lowest BCUT2D eigenvalue weighted by Gasteiger charge is -2.21. The summed E-state index contributed by atoms with van der Waals surface area (Å²) in [4.78, 5) is 0.160. The summed E-state index contributed by atoms with van der Waals surface area (Å²) >= 11 is 0. The number of rotatable bonds is 5. The third kappa shape index (κ3) is 3.08. The second-order valence-electron chi connectivity index (χ2n) is 4.25. The van der Waals surface area contributed by atoms with Crippen molar-refractivity contribution < 1.29 is 13.5 Å². The normalized spacial score (nSPS) is 15.4. The Morgan fingerprint density at radius 3 is 2.39 bits per heavy atom. The van der Waals surface area contributed by atoms with Gasteiger partial charge in [-0.25, -0.2) is 13.1 Å². The van der Waals surface area contributed by atoms with Crippen LogP contribution in [0.2, 0.25) is 0 Å². The molecular weight excluding hydrogens is 252 g/mol. The van der Waals surface area contributed by atoms with Crippen LogP contribution < -0.4 is 10.0 Å². The Balaban J connectivity index is 3.25. The molecule has 0 amide bonds. The minimum absolute atomic E-state index is 0.156. The van der Waals surface area contributed by atoms with Gasteiger partial charge in [0.15, 0.2) is 0 Å². The van der Waals surface area contributed by atoms with E-state index in [4.69, 9.17) is 0 Å². The summed E-state index contributed by atoms with van der Waals surface area (Å²) in [5.74, 6) is 0. The molecule has 1 rings (SSSR count). The molecule has 3 N–H and O–H groups in total. The van der Waals surface area contributed by atoms with E-state index in [1.54, 1.807) is 13.1 Å². The fraction of sp³-hybridized carbons (Fsp3) is 0.500. The highest BCUT2D eigenvalue weighted by Crippen LogP contribution is 2.23. The first-order chi connectivity index (χ1) is 8.33. The van der Waals surface area contributed by atoms with Crippen molar-refractivity contribution in [2.24, 2.45) is 0 Å². The van der Waals surface area contributed by atoms with Crippen LogP contribution in [0.25, 0.3) is 0 Å². The van der Waals surface area contributed by atoms with E-state index in [1.807, 2.05) is 13.8 Å². The summed E-state index contributed by atoms with van der Waals surface area (Å²) in [5.41, 5.74) is 1.48. The van der Waals surface area contributed by atoms with Crippen molar-refractivity contribution in [3.63, 3.8) is 0 Å². The van der Waals surface area contributed by atoms with Gasteiger partial charge in [-0.2, -0.15) is 0 Å². The molecule has 0 saturated carbocycles. The Morgan fingerprint density at radius 1 is 1.28 bits per heavy atom. The molecule has 102 valence electrons. The van der Waals surface area contributed by atoms with E-state index in [9.17, 15) is 13.5 Å². The summed E-state index contributed by atoms with van der Waals surface area (Å²) in [7, 11) is -0.375. The van der Waals surface area contributed by atoms with Crippen molar-refractivity contribution in [2.75, 3.05) is 14.1 Å². The molecule has 0 fully saturated rings. The molecule has 0 aromatic heterocycles. The van der Waals surface area contributed by atoms with Crippen molar-refractivity contribution in [3.8, 4) is 0 Å². The molecule has 2 atom stereocenters. The SMILES string of the molecule is CNC(C)C(O)c1cc(S(=O)(=O)NC)ccc1C. The second kappa shape index (κ2) is 5.79. The number of benzene rings is 1. The Morgan fingerprint density at radius 2 is 1.89 bits per heavy atom. The number of aryl methyl sites for hydroxylation is 1. The number of likely N-dealkylation sites (N-methyl/N-ethyl adjacent to an activating group) is 1. The van der Waals surface area contributed by atoms with Crippen molar-refractivity contribution in [3.05, 3.63) is 29.3 Å². The molecule has 0 heterocycles. The number of hydrogen-bond acceptors (Lipinski definition) is 4. The fourth-order valence-corrected chi connectivity index (χ4v) is 2.41. The maximum Gasteiger partial charge on any atom is 0.240 e. The highest BCUT2D eigenvalue weighted by atomic mass is 32.2. The first-order valence-electron chi connectivity index (χ1n) is 5.73. The smallest absolute Gasteiger partial charge is 0.240 e. The number of sulfonamides is 1. The number of nitrogens with one attached hydrogen (secondary N) is 2. The molecule has 1 aromatic rings. The van der Waals surface area contributed by atoms with Crippen molar-refractivity contribution in [1.82, 2.24) is 10.0 Å². The van der Waals surface area contributed by atoms with E-state index in [0.717, 1.165) is 5.56 Å². The minimum Gasteiger partial charge on any atom is -0.387 e. The monoisotopic (exact) mass is 272 g/mol. The molecule has 0 radical (unpaired) electrons. The third-order valence-electron chi connectivity index (χ3n) is 3.08. The van der Waals surface area contributed by atoms with Crippen LogP contribution in [0.5, 0.6) is 0 Å². The van der Waals surface area contributed by atoms with Gasteiger partial charge in [0, 0.05) is 6.04 Å². The van der Waals surface area contributed by atoms with Crippen LogP contribution >= 0.6 is 0 Å². The molecule has 5 nitrogen and oxygen atoms in total. The summed E-state index contributed by atoms with van der Waals surface area (Å²) in [6.07, 6.45) is -0.748. The van der Waals surface area contributed by atoms with Crippen LogP contribution in [0.1, 0.15) is 24.2 Å². The molecule has 0 aliphatic heterocycles.